The highest BCUT2D eigenvalue weighted by Gasteiger charge is 2.21. The highest BCUT2D eigenvalue weighted by Crippen LogP contribution is 2.42. The Balaban J connectivity index is 1.36. The second-order valence-electron chi connectivity index (χ2n) is 12.6. The number of fused-ring (bicyclic) bond motifs is 9. The van der Waals surface area contributed by atoms with Gasteiger partial charge in [-0.1, -0.05) is 145 Å². The van der Waals surface area contributed by atoms with Gasteiger partial charge in [-0.2, -0.15) is 0 Å². The Bertz CT molecular complexity index is 5180. The van der Waals surface area contributed by atoms with Gasteiger partial charge < -0.3 is 13.7 Å². The molecule has 0 spiro atoms. The maximum Gasteiger partial charge on any atom is 0.0667 e. The topological polar surface area (TPSA) is 14.8 Å². The van der Waals surface area contributed by atoms with Crippen molar-refractivity contribution in [2.45, 2.75) is 0 Å². The molecule has 0 bridgehead atoms. The fourth-order valence-electron chi connectivity index (χ4n) is 7.28. The maximum absolute atomic E-state index is 10.5. The summed E-state index contributed by atoms with van der Waals surface area (Å²) in [4.78, 5) is 0. The molecule has 57 heavy (non-hydrogen) atoms. The quantitative estimate of drug-likeness (QED) is 0.166. The van der Waals surface area contributed by atoms with E-state index in [-0.39, 0.29) is 11.1 Å². The normalized spacial score (nSPS) is 19.7. The van der Waals surface area contributed by atoms with Crippen LogP contribution >= 0.6 is 0 Å². The molecule has 3 heteroatoms. The van der Waals surface area contributed by atoms with Crippen LogP contribution in [0.25, 0.3) is 105 Å². The summed E-state index contributed by atoms with van der Waals surface area (Å²) in [5.41, 5.74) is -7.83. The minimum Gasteiger partial charge on any atom is -0.309 e. The Labute approximate surface area is 374 Å². The lowest BCUT2D eigenvalue weighted by atomic mass is 9.98. The van der Waals surface area contributed by atoms with Crippen molar-refractivity contribution in [1.29, 1.82) is 0 Å². The van der Waals surface area contributed by atoms with E-state index in [4.69, 9.17) is 27.4 Å². The summed E-state index contributed by atoms with van der Waals surface area (Å²) in [6.07, 6.45) is 0. The predicted molar refractivity (Wildman–Crippen MR) is 240 cm³/mol. The highest BCUT2D eigenvalue weighted by atomic mass is 15.0. The second-order valence-corrected chi connectivity index (χ2v) is 12.6. The van der Waals surface area contributed by atoms with Gasteiger partial charge in [0.15, 0.2) is 0 Å². The van der Waals surface area contributed by atoms with Gasteiger partial charge >= 0.3 is 0 Å². The molecule has 0 aliphatic heterocycles. The van der Waals surface area contributed by atoms with E-state index in [0.717, 1.165) is 31.9 Å². The van der Waals surface area contributed by atoms with E-state index in [1.807, 2.05) is 0 Å². The predicted octanol–water partition coefficient (Wildman–Crippen LogP) is 14.3. The summed E-state index contributed by atoms with van der Waals surface area (Å²) in [7, 11) is 0. The zero-order valence-electron chi connectivity index (χ0n) is 60.6. The van der Waals surface area contributed by atoms with Crippen molar-refractivity contribution in [1.82, 2.24) is 13.7 Å². The molecule has 12 rings (SSSR count). The molecule has 3 nitrogen and oxygen atoms in total. The summed E-state index contributed by atoms with van der Waals surface area (Å²) in [5.74, 6) is 0. The van der Waals surface area contributed by atoms with Crippen LogP contribution in [0.5, 0.6) is 0 Å². The summed E-state index contributed by atoms with van der Waals surface area (Å²) in [6.45, 7) is 0. The molecule has 0 radical (unpaired) electrons. The van der Waals surface area contributed by atoms with Crippen LogP contribution in [0.1, 0.15) is 43.9 Å². The van der Waals surface area contributed by atoms with Gasteiger partial charge in [0.2, 0.25) is 0 Å². The van der Waals surface area contributed by atoms with Crippen molar-refractivity contribution in [2.24, 2.45) is 0 Å². The van der Waals surface area contributed by atoms with Crippen LogP contribution in [0, 0.1) is 0 Å². The van der Waals surface area contributed by atoms with E-state index in [1.165, 1.54) is 0 Å². The molecular formula is C54H35N3. The summed E-state index contributed by atoms with van der Waals surface area (Å²) in [5, 5.41) is -3.48. The highest BCUT2D eigenvalue weighted by molar-refractivity contribution is 6.17. The monoisotopic (exact) mass is 757 g/mol. The first-order valence-electron chi connectivity index (χ1n) is 33.0. The molecule has 0 unspecified atom stereocenters. The van der Waals surface area contributed by atoms with Gasteiger partial charge in [0.1, 0.15) is 0 Å². The zero-order valence-corrected chi connectivity index (χ0v) is 28.6. The SMILES string of the molecule is [2H]c1c([2H])c([2H])c(-c2cc(-c3c([2H])c([2H])c([2H])c([2H])c3[2H])cc(-n3c4c([2H])c([2H])c([2H])c([2H])c4c4c([2H])c([2H])c(-n5c6c([2H])c([2H])c([2H])c([2H])c6c6c(-n7c8c([2H])c([2H])c([2H])c([2H])c8c8c([2H])c([2H])c([2H])c([2H])c87)c([2H])c([2H])c([2H])c65)c([2H])c43)c2)c([2H])c1[2H]. The standard InChI is InChI=1S/C54H35N3/c1-3-16-36(17-4-1)38-32-39(37-18-5-2-6-19-37)34-41(33-38)56-47-24-11-7-22-44(47)45-31-30-40(35-53(45)56)55-50-27-14-10-23-46(50)54-51(55)28-15-29-52(54)57-48-25-12-8-20-42(48)43-21-9-13-26-49(43)57/h1-35H/i1D,2D,3D,4D,5D,6D,7D,8D,9D,10D,11D,12D,13D,14D,15D,16D,17D,18D,19D,20D,21D,22D,23D,24D,25D,26D,27D,28D,29D,30D,31D,35D. The molecule has 266 valence electrons. The van der Waals surface area contributed by atoms with Gasteiger partial charge in [0.25, 0.3) is 0 Å². The van der Waals surface area contributed by atoms with Gasteiger partial charge in [-0.15, -0.1) is 0 Å². The molecule has 12 aromatic rings. The van der Waals surface area contributed by atoms with Crippen LogP contribution in [-0.2, 0) is 0 Å². The number of hydrogen-bond acceptors (Lipinski definition) is 0. The van der Waals surface area contributed by atoms with Gasteiger partial charge in [0, 0.05) is 43.7 Å². The van der Waals surface area contributed by atoms with E-state index in [0.29, 0.717) is 0 Å². The van der Waals surface area contributed by atoms with Crippen LogP contribution in [0.3, 0.4) is 0 Å². The smallest absolute Gasteiger partial charge is 0.0667 e. The van der Waals surface area contributed by atoms with Crippen LogP contribution in [0.15, 0.2) is 212 Å². The third kappa shape index (κ3) is 4.79. The van der Waals surface area contributed by atoms with Gasteiger partial charge in [0.05, 0.1) is 82.7 Å². The lowest BCUT2D eigenvalue weighted by Gasteiger charge is -2.15. The van der Waals surface area contributed by atoms with Crippen molar-refractivity contribution in [3.8, 4) is 39.3 Å². The van der Waals surface area contributed by atoms with Gasteiger partial charge in [-0.25, -0.2) is 0 Å². The molecule has 0 aliphatic carbocycles. The summed E-state index contributed by atoms with van der Waals surface area (Å²) < 4.78 is 294. The Morgan fingerprint density at radius 3 is 1.30 bits per heavy atom. The second kappa shape index (κ2) is 12.5. The van der Waals surface area contributed by atoms with Crippen LogP contribution < -0.4 is 0 Å². The average molecular weight is 758 g/mol. The minimum atomic E-state index is -1.07. The molecule has 0 atom stereocenters. The molecule has 0 saturated heterocycles. The van der Waals surface area contributed by atoms with E-state index in [9.17, 15) is 16.4 Å². The van der Waals surface area contributed by atoms with Crippen molar-refractivity contribution < 1.29 is 43.9 Å². The number of rotatable bonds is 5. The summed E-state index contributed by atoms with van der Waals surface area (Å²) in [6, 6.07) is -25.5. The number of para-hydroxylation sites is 4. The molecular weight excluding hydrogens is 691 g/mol. The Hall–Kier alpha value is -7.62. The molecule has 0 fully saturated rings. The lowest BCUT2D eigenvalue weighted by Crippen LogP contribution is -1.98. The molecule has 0 amide bonds. The zero-order chi connectivity index (χ0) is 65.3. The first-order chi connectivity index (χ1) is 41.6. The van der Waals surface area contributed by atoms with E-state index >= 15 is 0 Å². The van der Waals surface area contributed by atoms with Crippen LogP contribution in [0.2, 0.25) is 0 Å². The molecule has 0 N–H and O–H groups in total. The summed E-state index contributed by atoms with van der Waals surface area (Å²) >= 11 is 0. The van der Waals surface area contributed by atoms with Crippen molar-refractivity contribution >= 4 is 65.4 Å². The minimum absolute atomic E-state index is 0.342. The van der Waals surface area contributed by atoms with Gasteiger partial charge in [-0.3, -0.25) is 0 Å². The number of nitrogens with zero attached hydrogens (tertiary/aromatic N) is 3. The number of hydrogen-bond donors (Lipinski definition) is 0. The maximum atomic E-state index is 10.5. The van der Waals surface area contributed by atoms with E-state index in [1.54, 1.807) is 0 Å². The molecule has 0 saturated carbocycles. The number of benzene rings is 9. The Morgan fingerprint density at radius 2 is 0.719 bits per heavy atom. The largest absolute Gasteiger partial charge is 0.309 e. The Morgan fingerprint density at radius 1 is 0.281 bits per heavy atom. The Kier molecular flexibility index (Phi) is 2.96. The number of aromatic nitrogens is 3. The molecule has 0 aliphatic rings. The van der Waals surface area contributed by atoms with Crippen molar-refractivity contribution in [3.05, 3.63) is 212 Å². The van der Waals surface area contributed by atoms with Crippen molar-refractivity contribution in [3.63, 3.8) is 0 Å². The molecule has 9 aromatic carbocycles. The van der Waals surface area contributed by atoms with Gasteiger partial charge in [-0.05, 0) is 88.8 Å². The van der Waals surface area contributed by atoms with Crippen LogP contribution in [0.4, 0.5) is 0 Å². The fraction of sp³-hybridized carbons (Fsp3) is 0. The van der Waals surface area contributed by atoms with E-state index < -0.39 is 287 Å². The molecule has 3 heterocycles. The average Bonchev–Trinajstić information content (AvgIpc) is 1.53. The van der Waals surface area contributed by atoms with Crippen LogP contribution in [-0.4, -0.2) is 13.7 Å². The fourth-order valence-corrected chi connectivity index (χ4v) is 7.28. The molecule has 3 aromatic heterocycles. The third-order valence-electron chi connectivity index (χ3n) is 9.58. The first-order valence-corrected chi connectivity index (χ1v) is 17.0. The lowest BCUT2D eigenvalue weighted by molar-refractivity contribution is 1.15. The van der Waals surface area contributed by atoms with E-state index in [2.05, 4.69) is 0 Å². The van der Waals surface area contributed by atoms with Crippen molar-refractivity contribution in [2.75, 3.05) is 0 Å². The third-order valence-corrected chi connectivity index (χ3v) is 9.58. The first kappa shape index (κ1) is 13.5.